The molecular weight excluding hydrogens is 178 g/mol. The number of nitriles is 1. The van der Waals surface area contributed by atoms with E-state index in [1.165, 1.54) is 18.2 Å². The van der Waals surface area contributed by atoms with Crippen LogP contribution in [-0.4, -0.2) is 11.1 Å². The summed E-state index contributed by atoms with van der Waals surface area (Å²) >= 11 is 5.57. The molecule has 0 radical (unpaired) electrons. The summed E-state index contributed by atoms with van der Waals surface area (Å²) in [5.74, 6) is -1.09. The first-order valence-corrected chi connectivity index (χ1v) is 3.46. The molecule has 0 atom stereocenters. The van der Waals surface area contributed by atoms with Gasteiger partial charge in [-0.1, -0.05) is 11.6 Å². The van der Waals surface area contributed by atoms with Crippen molar-refractivity contribution < 1.29 is 9.90 Å². The van der Waals surface area contributed by atoms with E-state index < -0.39 is 5.97 Å². The second kappa shape index (κ2) is 3.24. The van der Waals surface area contributed by atoms with Crippen LogP contribution in [0.5, 0.6) is 0 Å². The van der Waals surface area contributed by atoms with Crippen LogP contribution in [0.25, 0.3) is 0 Å². The summed E-state index contributed by atoms with van der Waals surface area (Å²) in [6.07, 6.45) is 0. The minimum Gasteiger partial charge on any atom is -0.478 e. The highest BCUT2D eigenvalue weighted by molar-refractivity contribution is 6.33. The fraction of sp³-hybridized carbons (Fsp3) is 0. The lowest BCUT2D eigenvalue weighted by Gasteiger charge is -1.96. The number of hydrogen-bond acceptors (Lipinski definition) is 2. The number of halogens is 1. The molecule has 60 valence electrons. The van der Waals surface area contributed by atoms with E-state index in [-0.39, 0.29) is 10.6 Å². The van der Waals surface area contributed by atoms with Gasteiger partial charge in [0.05, 0.1) is 22.2 Å². The van der Waals surface area contributed by atoms with E-state index in [1.807, 2.05) is 6.07 Å². The third-order valence-electron chi connectivity index (χ3n) is 1.33. The van der Waals surface area contributed by atoms with Crippen LogP contribution >= 0.6 is 11.6 Å². The molecule has 0 aliphatic carbocycles. The second-order valence-corrected chi connectivity index (χ2v) is 2.52. The van der Waals surface area contributed by atoms with E-state index in [1.54, 1.807) is 0 Å². The largest absolute Gasteiger partial charge is 0.478 e. The molecule has 0 unspecified atom stereocenters. The molecule has 1 aromatic carbocycles. The molecule has 4 heteroatoms. The number of rotatable bonds is 1. The number of carboxylic acids is 1. The Hall–Kier alpha value is -1.53. The van der Waals surface area contributed by atoms with E-state index in [4.69, 9.17) is 22.0 Å². The molecule has 0 spiro atoms. The third-order valence-corrected chi connectivity index (χ3v) is 1.64. The summed E-state index contributed by atoms with van der Waals surface area (Å²) in [6.45, 7) is 0. The molecule has 0 aromatic heterocycles. The van der Waals surface area contributed by atoms with Crippen molar-refractivity contribution in [3.8, 4) is 6.07 Å². The predicted molar refractivity (Wildman–Crippen MR) is 43.1 cm³/mol. The molecule has 1 rings (SSSR count). The highest BCUT2D eigenvalue weighted by atomic mass is 35.5. The zero-order valence-electron chi connectivity index (χ0n) is 5.91. The SMILES string of the molecule is N#Cc1ccc(C(=O)O)c(Cl)c1. The quantitative estimate of drug-likeness (QED) is 0.720. The van der Waals surface area contributed by atoms with Crippen molar-refractivity contribution in [2.45, 2.75) is 0 Å². The van der Waals surface area contributed by atoms with Crippen LogP contribution in [0.15, 0.2) is 18.2 Å². The van der Waals surface area contributed by atoms with Gasteiger partial charge in [-0.2, -0.15) is 5.26 Å². The molecule has 0 bridgehead atoms. The fourth-order valence-electron chi connectivity index (χ4n) is 0.758. The highest BCUT2D eigenvalue weighted by Crippen LogP contribution is 2.17. The van der Waals surface area contributed by atoms with Gasteiger partial charge < -0.3 is 5.11 Å². The maximum Gasteiger partial charge on any atom is 0.337 e. The summed E-state index contributed by atoms with van der Waals surface area (Å²) in [4.78, 5) is 10.5. The summed E-state index contributed by atoms with van der Waals surface area (Å²) in [6, 6.07) is 5.90. The standard InChI is InChI=1S/C8H4ClNO2/c9-7-3-5(4-10)1-2-6(7)8(11)12/h1-3H,(H,11,12). The first-order valence-electron chi connectivity index (χ1n) is 3.08. The Balaban J connectivity index is 3.23. The van der Waals surface area contributed by atoms with Crippen molar-refractivity contribution in [3.05, 3.63) is 34.3 Å². The molecule has 3 nitrogen and oxygen atoms in total. The Morgan fingerprint density at radius 3 is 2.67 bits per heavy atom. The van der Waals surface area contributed by atoms with Crippen molar-refractivity contribution in [1.82, 2.24) is 0 Å². The van der Waals surface area contributed by atoms with Crippen LogP contribution in [-0.2, 0) is 0 Å². The van der Waals surface area contributed by atoms with Crippen molar-refractivity contribution in [3.63, 3.8) is 0 Å². The molecule has 12 heavy (non-hydrogen) atoms. The molecule has 0 amide bonds. The summed E-state index contributed by atoms with van der Waals surface area (Å²) < 4.78 is 0. The Bertz CT molecular complexity index is 368. The van der Waals surface area contributed by atoms with Gasteiger partial charge >= 0.3 is 5.97 Å². The molecule has 0 aliphatic rings. The lowest BCUT2D eigenvalue weighted by Crippen LogP contribution is -1.96. The normalized spacial score (nSPS) is 9.00. The van der Waals surface area contributed by atoms with Gasteiger partial charge in [0, 0.05) is 0 Å². The zero-order valence-corrected chi connectivity index (χ0v) is 6.67. The number of carboxylic acid groups (broad SMARTS) is 1. The molecule has 0 aliphatic heterocycles. The minimum absolute atomic E-state index is 0.00988. The van der Waals surface area contributed by atoms with Crippen molar-refractivity contribution in [1.29, 1.82) is 5.26 Å². The lowest BCUT2D eigenvalue weighted by atomic mass is 10.1. The number of carbonyl (C=O) groups is 1. The minimum atomic E-state index is -1.09. The van der Waals surface area contributed by atoms with Gasteiger partial charge in [0.2, 0.25) is 0 Å². The highest BCUT2D eigenvalue weighted by Gasteiger charge is 2.07. The van der Waals surface area contributed by atoms with Gasteiger partial charge in [-0.3, -0.25) is 0 Å². The Morgan fingerprint density at radius 1 is 1.58 bits per heavy atom. The van der Waals surface area contributed by atoms with E-state index in [0.29, 0.717) is 5.56 Å². The van der Waals surface area contributed by atoms with Gasteiger partial charge in [0.25, 0.3) is 0 Å². The molecular formula is C8H4ClNO2. The van der Waals surface area contributed by atoms with E-state index in [0.717, 1.165) is 0 Å². The summed E-state index contributed by atoms with van der Waals surface area (Å²) in [5, 5.41) is 17.1. The maximum absolute atomic E-state index is 10.5. The average Bonchev–Trinajstić information content (AvgIpc) is 2.03. The van der Waals surface area contributed by atoms with Crippen LogP contribution in [0.1, 0.15) is 15.9 Å². The summed E-state index contributed by atoms with van der Waals surface area (Å²) in [7, 11) is 0. The molecule has 0 saturated heterocycles. The molecule has 1 N–H and O–H groups in total. The van der Waals surface area contributed by atoms with Gasteiger partial charge in [-0.25, -0.2) is 4.79 Å². The third kappa shape index (κ3) is 1.55. The van der Waals surface area contributed by atoms with Gasteiger partial charge in [0.15, 0.2) is 0 Å². The number of hydrogen-bond donors (Lipinski definition) is 1. The zero-order chi connectivity index (χ0) is 9.14. The number of nitrogens with zero attached hydrogens (tertiary/aromatic N) is 1. The van der Waals surface area contributed by atoms with E-state index in [9.17, 15) is 4.79 Å². The first kappa shape index (κ1) is 8.57. The van der Waals surface area contributed by atoms with Gasteiger partial charge in [0.1, 0.15) is 0 Å². The van der Waals surface area contributed by atoms with Crippen LogP contribution in [0.3, 0.4) is 0 Å². The molecule has 0 heterocycles. The Morgan fingerprint density at radius 2 is 2.25 bits per heavy atom. The smallest absolute Gasteiger partial charge is 0.337 e. The fourth-order valence-corrected chi connectivity index (χ4v) is 1.02. The number of aromatic carboxylic acids is 1. The first-order chi connectivity index (χ1) is 5.65. The average molecular weight is 182 g/mol. The van der Waals surface area contributed by atoms with Crippen LogP contribution < -0.4 is 0 Å². The lowest BCUT2D eigenvalue weighted by molar-refractivity contribution is 0.0697. The monoisotopic (exact) mass is 181 g/mol. The van der Waals surface area contributed by atoms with Crippen LogP contribution in [0.4, 0.5) is 0 Å². The van der Waals surface area contributed by atoms with E-state index >= 15 is 0 Å². The summed E-state index contributed by atoms with van der Waals surface area (Å²) in [5.41, 5.74) is 0.362. The Kier molecular flexibility index (Phi) is 2.32. The van der Waals surface area contributed by atoms with Crippen molar-refractivity contribution in [2.24, 2.45) is 0 Å². The van der Waals surface area contributed by atoms with Crippen molar-refractivity contribution in [2.75, 3.05) is 0 Å². The van der Waals surface area contributed by atoms with Gasteiger partial charge in [-0.15, -0.1) is 0 Å². The van der Waals surface area contributed by atoms with E-state index in [2.05, 4.69) is 0 Å². The second-order valence-electron chi connectivity index (χ2n) is 2.11. The predicted octanol–water partition coefficient (Wildman–Crippen LogP) is 1.91. The Labute approximate surface area is 73.8 Å². The topological polar surface area (TPSA) is 61.1 Å². The number of benzene rings is 1. The van der Waals surface area contributed by atoms with Crippen LogP contribution in [0.2, 0.25) is 5.02 Å². The molecule has 0 saturated carbocycles. The van der Waals surface area contributed by atoms with Crippen LogP contribution in [0, 0.1) is 11.3 Å². The van der Waals surface area contributed by atoms with Crippen molar-refractivity contribution >= 4 is 17.6 Å². The molecule has 1 aromatic rings. The maximum atomic E-state index is 10.5. The molecule has 0 fully saturated rings. The van der Waals surface area contributed by atoms with Gasteiger partial charge in [-0.05, 0) is 18.2 Å².